The van der Waals surface area contributed by atoms with Gasteiger partial charge in [0.1, 0.15) is 11.6 Å². The Morgan fingerprint density at radius 2 is 2.03 bits per heavy atom. The van der Waals surface area contributed by atoms with Crippen molar-refractivity contribution >= 4 is 16.8 Å². The van der Waals surface area contributed by atoms with E-state index in [9.17, 15) is 9.18 Å². The number of halogens is 1. The zero-order chi connectivity index (χ0) is 21.8. The normalized spacial score (nSPS) is 16.2. The first-order valence-corrected chi connectivity index (χ1v) is 10.7. The lowest BCUT2D eigenvalue weighted by molar-refractivity contribution is -0.126. The summed E-state index contributed by atoms with van der Waals surface area (Å²) in [4.78, 5) is 19.5. The Balaban J connectivity index is 1.38. The zero-order valence-electron chi connectivity index (χ0n) is 18.0. The Morgan fingerprint density at radius 1 is 1.23 bits per heavy atom. The van der Waals surface area contributed by atoms with E-state index in [-0.39, 0.29) is 23.7 Å². The molecule has 1 aromatic heterocycles. The molecule has 3 aromatic rings. The third-order valence-electron chi connectivity index (χ3n) is 6.22. The molecule has 2 aromatic carbocycles. The second-order valence-electron chi connectivity index (χ2n) is 8.12. The van der Waals surface area contributed by atoms with Crippen molar-refractivity contribution in [1.29, 1.82) is 0 Å². The summed E-state index contributed by atoms with van der Waals surface area (Å²) in [5.41, 5.74) is 2.89. The van der Waals surface area contributed by atoms with Crippen molar-refractivity contribution in [2.24, 2.45) is 5.92 Å². The molecule has 1 saturated heterocycles. The van der Waals surface area contributed by atoms with Crippen LogP contribution in [0.4, 0.5) is 4.39 Å². The monoisotopic (exact) mass is 421 g/mol. The summed E-state index contributed by atoms with van der Waals surface area (Å²) in [7, 11) is 1.67. The largest absolute Gasteiger partial charge is 0.497 e. The van der Waals surface area contributed by atoms with Gasteiger partial charge in [-0.2, -0.15) is 0 Å². The van der Waals surface area contributed by atoms with Gasteiger partial charge in [0.15, 0.2) is 0 Å². The smallest absolute Gasteiger partial charge is 0.223 e. The average molecular weight is 422 g/mol. The quantitative estimate of drug-likeness (QED) is 0.638. The number of pyridine rings is 1. The number of amides is 1. The maximum Gasteiger partial charge on any atom is 0.223 e. The molecular weight excluding hydrogens is 393 g/mol. The Hall–Kier alpha value is -2.99. The summed E-state index contributed by atoms with van der Waals surface area (Å²) in [5.74, 6) is 0.558. The molecule has 162 valence electrons. The van der Waals surface area contributed by atoms with Gasteiger partial charge in [-0.05, 0) is 68.2 Å². The van der Waals surface area contributed by atoms with Crippen molar-refractivity contribution in [3.05, 3.63) is 71.7 Å². The van der Waals surface area contributed by atoms with E-state index in [1.807, 2.05) is 18.2 Å². The van der Waals surface area contributed by atoms with Gasteiger partial charge in [0.2, 0.25) is 5.91 Å². The van der Waals surface area contributed by atoms with Crippen LogP contribution in [-0.2, 0) is 11.3 Å². The number of nitrogens with zero attached hydrogens (tertiary/aromatic N) is 2. The Bertz CT molecular complexity index is 1060. The van der Waals surface area contributed by atoms with Crippen LogP contribution in [0.25, 0.3) is 10.9 Å². The minimum atomic E-state index is -0.283. The van der Waals surface area contributed by atoms with Gasteiger partial charge >= 0.3 is 0 Å². The van der Waals surface area contributed by atoms with E-state index in [1.165, 1.54) is 17.7 Å². The summed E-state index contributed by atoms with van der Waals surface area (Å²) >= 11 is 0. The molecule has 1 N–H and O–H groups in total. The maximum atomic E-state index is 13.3. The number of ether oxygens (including phenoxy) is 1. The van der Waals surface area contributed by atoms with Crippen LogP contribution in [-0.4, -0.2) is 36.0 Å². The lowest BCUT2D eigenvalue weighted by Crippen LogP contribution is -2.41. The Labute approximate surface area is 182 Å². The molecule has 0 bridgehead atoms. The predicted molar refractivity (Wildman–Crippen MR) is 119 cm³/mol. The molecule has 0 saturated carbocycles. The van der Waals surface area contributed by atoms with Crippen molar-refractivity contribution < 1.29 is 13.9 Å². The number of hydrogen-bond acceptors (Lipinski definition) is 4. The molecule has 0 aliphatic carbocycles. The fourth-order valence-corrected chi connectivity index (χ4v) is 4.37. The van der Waals surface area contributed by atoms with E-state index in [0.717, 1.165) is 48.1 Å². The summed E-state index contributed by atoms with van der Waals surface area (Å²) in [6.45, 7) is 4.25. The van der Waals surface area contributed by atoms with Crippen LogP contribution >= 0.6 is 0 Å². The highest BCUT2D eigenvalue weighted by atomic mass is 19.1. The summed E-state index contributed by atoms with van der Waals surface area (Å²) in [5, 5.41) is 4.09. The van der Waals surface area contributed by atoms with E-state index < -0.39 is 0 Å². The molecule has 4 rings (SSSR count). The number of benzene rings is 2. The molecule has 1 aliphatic rings. The molecule has 1 unspecified atom stereocenters. The number of aromatic nitrogens is 1. The standard InChI is InChI=1S/C25H28FN3O2/c1-17(23-14-21(31-2)15-24-22(23)7-4-10-27-24)29-11-8-19(9-12-29)25(30)28-16-18-5-3-6-20(26)13-18/h3-7,10,13-15,17,19H,8-9,11-12,16H2,1-2H3,(H,28,30). The lowest BCUT2D eigenvalue weighted by atomic mass is 9.92. The van der Waals surface area contributed by atoms with E-state index in [0.29, 0.717) is 6.54 Å². The molecule has 5 nitrogen and oxygen atoms in total. The fourth-order valence-electron chi connectivity index (χ4n) is 4.37. The highest BCUT2D eigenvalue weighted by molar-refractivity contribution is 5.84. The second-order valence-corrected chi connectivity index (χ2v) is 8.12. The van der Waals surface area contributed by atoms with Crippen LogP contribution in [0.1, 0.15) is 36.9 Å². The minimum Gasteiger partial charge on any atom is -0.497 e. The third-order valence-corrected chi connectivity index (χ3v) is 6.22. The van der Waals surface area contributed by atoms with Gasteiger partial charge in [-0.1, -0.05) is 18.2 Å². The van der Waals surface area contributed by atoms with Crippen LogP contribution in [0.15, 0.2) is 54.7 Å². The molecule has 2 heterocycles. The maximum absolute atomic E-state index is 13.3. The van der Waals surface area contributed by atoms with Gasteiger partial charge in [-0.15, -0.1) is 0 Å². The summed E-state index contributed by atoms with van der Waals surface area (Å²) in [6, 6.07) is 14.6. The number of fused-ring (bicyclic) bond motifs is 1. The van der Waals surface area contributed by atoms with Crippen LogP contribution in [0.3, 0.4) is 0 Å². The van der Waals surface area contributed by atoms with Gasteiger partial charge < -0.3 is 10.1 Å². The van der Waals surface area contributed by atoms with E-state index in [4.69, 9.17) is 4.74 Å². The molecule has 1 fully saturated rings. The first kappa shape index (κ1) is 21.2. The molecule has 1 atom stereocenters. The predicted octanol–water partition coefficient (Wildman–Crippen LogP) is 4.47. The number of rotatable bonds is 6. The van der Waals surface area contributed by atoms with Crippen LogP contribution in [0.5, 0.6) is 5.75 Å². The number of carbonyl (C=O) groups is 1. The number of methoxy groups -OCH3 is 1. The van der Waals surface area contributed by atoms with E-state index in [1.54, 1.807) is 19.4 Å². The highest BCUT2D eigenvalue weighted by Gasteiger charge is 2.28. The van der Waals surface area contributed by atoms with Crippen LogP contribution < -0.4 is 10.1 Å². The van der Waals surface area contributed by atoms with Crippen molar-refractivity contribution in [3.63, 3.8) is 0 Å². The molecule has 0 spiro atoms. The van der Waals surface area contributed by atoms with Crippen molar-refractivity contribution in [3.8, 4) is 5.75 Å². The molecule has 0 radical (unpaired) electrons. The molecular formula is C25H28FN3O2. The van der Waals surface area contributed by atoms with Crippen LogP contribution in [0, 0.1) is 11.7 Å². The number of nitrogens with one attached hydrogen (secondary N) is 1. The number of likely N-dealkylation sites (tertiary alicyclic amines) is 1. The fraction of sp³-hybridized carbons (Fsp3) is 0.360. The highest BCUT2D eigenvalue weighted by Crippen LogP contribution is 2.33. The molecule has 1 amide bonds. The average Bonchev–Trinajstić information content (AvgIpc) is 2.81. The number of hydrogen-bond donors (Lipinski definition) is 1. The summed E-state index contributed by atoms with van der Waals surface area (Å²) in [6.07, 6.45) is 3.41. The van der Waals surface area contributed by atoms with Gasteiger partial charge in [0.25, 0.3) is 0 Å². The summed E-state index contributed by atoms with van der Waals surface area (Å²) < 4.78 is 18.8. The third kappa shape index (κ3) is 4.85. The van der Waals surface area contributed by atoms with E-state index >= 15 is 0 Å². The minimum absolute atomic E-state index is 0.0132. The van der Waals surface area contributed by atoms with Crippen molar-refractivity contribution in [1.82, 2.24) is 15.2 Å². The SMILES string of the molecule is COc1cc(C(C)N2CCC(C(=O)NCc3cccc(F)c3)CC2)c2cccnc2c1. The Morgan fingerprint density at radius 3 is 2.77 bits per heavy atom. The number of piperidine rings is 1. The number of carbonyl (C=O) groups excluding carboxylic acids is 1. The lowest BCUT2D eigenvalue weighted by Gasteiger charge is -2.36. The van der Waals surface area contributed by atoms with Crippen molar-refractivity contribution in [2.75, 3.05) is 20.2 Å². The van der Waals surface area contributed by atoms with Gasteiger partial charge in [0.05, 0.1) is 12.6 Å². The van der Waals surface area contributed by atoms with Crippen molar-refractivity contribution in [2.45, 2.75) is 32.4 Å². The second kappa shape index (κ2) is 9.43. The molecule has 31 heavy (non-hydrogen) atoms. The van der Waals surface area contributed by atoms with Crippen LogP contribution in [0.2, 0.25) is 0 Å². The molecule has 1 aliphatic heterocycles. The zero-order valence-corrected chi connectivity index (χ0v) is 18.0. The van der Waals surface area contributed by atoms with E-state index in [2.05, 4.69) is 34.3 Å². The first-order chi connectivity index (χ1) is 15.0. The van der Waals surface area contributed by atoms with Gasteiger partial charge in [-0.3, -0.25) is 14.7 Å². The topological polar surface area (TPSA) is 54.5 Å². The molecule has 6 heteroatoms. The van der Waals surface area contributed by atoms with Gasteiger partial charge in [0, 0.05) is 36.2 Å². The Kier molecular flexibility index (Phi) is 6.47. The van der Waals surface area contributed by atoms with Gasteiger partial charge in [-0.25, -0.2) is 4.39 Å². The first-order valence-electron chi connectivity index (χ1n) is 10.7.